The Bertz CT molecular complexity index is 1140. The number of carbonyl (C=O) groups excluding carboxylic acids is 1. The Morgan fingerprint density at radius 1 is 0.963 bits per heavy atom. The van der Waals surface area contributed by atoms with Gasteiger partial charge in [0, 0.05) is 47.5 Å². The van der Waals surface area contributed by atoms with Crippen LogP contribution in [0.5, 0.6) is 0 Å². The molecule has 0 aliphatic carbocycles. The van der Waals surface area contributed by atoms with Crippen molar-refractivity contribution in [3.05, 3.63) is 82.7 Å². The number of H-pyrrole nitrogens is 1. The van der Waals surface area contributed by atoms with Gasteiger partial charge in [0.25, 0.3) is 11.5 Å². The van der Waals surface area contributed by atoms with Gasteiger partial charge in [-0.15, -0.1) is 11.3 Å². The van der Waals surface area contributed by atoms with Crippen molar-refractivity contribution in [2.75, 3.05) is 5.32 Å². The van der Waals surface area contributed by atoms with Gasteiger partial charge >= 0.3 is 0 Å². The predicted octanol–water partition coefficient (Wildman–Crippen LogP) is 3.21. The van der Waals surface area contributed by atoms with E-state index in [4.69, 9.17) is 0 Å². The van der Waals surface area contributed by atoms with Gasteiger partial charge < -0.3 is 10.3 Å². The molecule has 0 aliphatic rings. The number of thiazole rings is 1. The lowest BCUT2D eigenvalue weighted by Gasteiger charge is -2.06. The van der Waals surface area contributed by atoms with E-state index in [1.165, 1.54) is 11.3 Å². The number of carbonyl (C=O) groups is 1. The summed E-state index contributed by atoms with van der Waals surface area (Å²) in [6.45, 7) is 0. The molecule has 4 aromatic rings. The van der Waals surface area contributed by atoms with Crippen molar-refractivity contribution in [1.82, 2.24) is 19.9 Å². The summed E-state index contributed by atoms with van der Waals surface area (Å²) in [5.74, 6) is -0.441. The lowest BCUT2D eigenvalue weighted by molar-refractivity contribution is 0.102. The van der Waals surface area contributed by atoms with E-state index in [2.05, 4.69) is 25.3 Å². The predicted molar refractivity (Wildman–Crippen MR) is 104 cm³/mol. The molecule has 0 atom stereocenters. The van der Waals surface area contributed by atoms with Gasteiger partial charge in [0.05, 0.1) is 0 Å². The third-order valence-electron chi connectivity index (χ3n) is 3.83. The number of aromatic nitrogens is 4. The minimum absolute atomic E-state index is 0.160. The van der Waals surface area contributed by atoms with Gasteiger partial charge in [-0.1, -0.05) is 0 Å². The van der Waals surface area contributed by atoms with Crippen LogP contribution in [0.1, 0.15) is 10.5 Å². The Morgan fingerprint density at radius 3 is 2.33 bits per heavy atom. The van der Waals surface area contributed by atoms with E-state index in [0.717, 1.165) is 16.7 Å². The van der Waals surface area contributed by atoms with Gasteiger partial charge in [0.2, 0.25) is 0 Å². The number of amides is 1. The van der Waals surface area contributed by atoms with Gasteiger partial charge in [-0.2, -0.15) is 0 Å². The lowest BCUT2D eigenvalue weighted by atomic mass is 10.1. The Hall–Kier alpha value is -3.65. The molecule has 4 heterocycles. The fraction of sp³-hybridized carbons (Fsp3) is 0. The molecular weight excluding hydrogens is 362 g/mol. The number of hydrogen-bond donors (Lipinski definition) is 2. The topological polar surface area (TPSA) is 101 Å². The summed E-state index contributed by atoms with van der Waals surface area (Å²) in [5.41, 5.74) is 2.55. The molecule has 0 fully saturated rings. The summed E-state index contributed by atoms with van der Waals surface area (Å²) in [6.07, 6.45) is 8.25. The average molecular weight is 375 g/mol. The van der Waals surface area contributed by atoms with Crippen molar-refractivity contribution in [2.24, 2.45) is 0 Å². The first-order valence-electron chi connectivity index (χ1n) is 8.01. The molecule has 1 amide bonds. The minimum Gasteiger partial charge on any atom is -0.327 e. The molecule has 0 saturated carbocycles. The highest BCUT2D eigenvalue weighted by atomic mass is 32.1. The summed E-state index contributed by atoms with van der Waals surface area (Å²) in [6, 6.07) is 8.91. The Balaban J connectivity index is 1.58. The van der Waals surface area contributed by atoms with E-state index in [1.54, 1.807) is 42.4 Å². The van der Waals surface area contributed by atoms with Crippen LogP contribution in [0, 0.1) is 0 Å². The van der Waals surface area contributed by atoms with Crippen LogP contribution in [0.3, 0.4) is 0 Å². The molecule has 132 valence electrons. The van der Waals surface area contributed by atoms with Crippen molar-refractivity contribution >= 4 is 22.9 Å². The van der Waals surface area contributed by atoms with Gasteiger partial charge in [-0.05, 0) is 35.9 Å². The molecular formula is C19H13N5O2S. The van der Waals surface area contributed by atoms with Crippen molar-refractivity contribution in [3.63, 3.8) is 0 Å². The quantitative estimate of drug-likeness (QED) is 0.570. The Kier molecular flexibility index (Phi) is 4.54. The molecule has 0 unspecified atom stereocenters. The van der Waals surface area contributed by atoms with Crippen LogP contribution in [-0.4, -0.2) is 25.8 Å². The number of aromatic amines is 1. The Labute approximate surface area is 157 Å². The normalized spacial score (nSPS) is 10.5. The molecule has 4 rings (SSSR count). The van der Waals surface area contributed by atoms with Crippen LogP contribution >= 0.6 is 11.3 Å². The monoisotopic (exact) mass is 375 g/mol. The highest BCUT2D eigenvalue weighted by Gasteiger charge is 2.14. The smallest absolute Gasteiger partial charge is 0.275 e. The van der Waals surface area contributed by atoms with Gasteiger partial charge in [-0.25, -0.2) is 4.98 Å². The van der Waals surface area contributed by atoms with Crippen LogP contribution in [0.15, 0.2) is 71.5 Å². The fourth-order valence-electron chi connectivity index (χ4n) is 2.48. The number of anilines is 1. The molecule has 0 bridgehead atoms. The van der Waals surface area contributed by atoms with Gasteiger partial charge in [-0.3, -0.25) is 19.6 Å². The first-order chi connectivity index (χ1) is 13.2. The molecule has 27 heavy (non-hydrogen) atoms. The number of nitrogens with one attached hydrogen (secondary N) is 2. The van der Waals surface area contributed by atoms with Crippen molar-refractivity contribution in [3.8, 4) is 21.7 Å². The standard InChI is InChI=1S/C19H13N5O2S/c25-17-15(9-14(10-22-17)12-1-5-20-6-2-12)23-18(26)16-11-27-19(24-16)13-3-7-21-8-4-13/h1-11H,(H,22,25)(H,23,26). The van der Waals surface area contributed by atoms with Crippen LogP contribution < -0.4 is 10.9 Å². The molecule has 0 saturated heterocycles. The maximum atomic E-state index is 12.5. The van der Waals surface area contributed by atoms with E-state index < -0.39 is 5.91 Å². The fourth-order valence-corrected chi connectivity index (χ4v) is 3.29. The largest absolute Gasteiger partial charge is 0.327 e. The van der Waals surface area contributed by atoms with E-state index in [9.17, 15) is 9.59 Å². The van der Waals surface area contributed by atoms with Crippen LogP contribution in [0.4, 0.5) is 5.69 Å². The second kappa shape index (κ2) is 7.30. The summed E-state index contributed by atoms with van der Waals surface area (Å²) in [7, 11) is 0. The van der Waals surface area contributed by atoms with E-state index >= 15 is 0 Å². The highest BCUT2D eigenvalue weighted by Crippen LogP contribution is 2.23. The average Bonchev–Trinajstić information content (AvgIpc) is 3.21. The number of nitrogens with zero attached hydrogens (tertiary/aromatic N) is 3. The summed E-state index contributed by atoms with van der Waals surface area (Å²) in [4.78, 5) is 39.5. The molecule has 0 aromatic carbocycles. The SMILES string of the molecule is O=C(Nc1cc(-c2ccncc2)c[nH]c1=O)c1csc(-c2ccncc2)n1. The lowest BCUT2D eigenvalue weighted by Crippen LogP contribution is -2.20. The van der Waals surface area contributed by atoms with E-state index in [0.29, 0.717) is 5.01 Å². The second-order valence-corrected chi connectivity index (χ2v) is 6.45. The molecule has 4 aromatic heterocycles. The van der Waals surface area contributed by atoms with Crippen LogP contribution in [-0.2, 0) is 0 Å². The summed E-state index contributed by atoms with van der Waals surface area (Å²) in [5, 5.41) is 5.00. The Morgan fingerprint density at radius 2 is 1.63 bits per heavy atom. The zero-order valence-electron chi connectivity index (χ0n) is 13.9. The number of hydrogen-bond acceptors (Lipinski definition) is 6. The van der Waals surface area contributed by atoms with Crippen molar-refractivity contribution < 1.29 is 4.79 Å². The second-order valence-electron chi connectivity index (χ2n) is 5.59. The van der Waals surface area contributed by atoms with Crippen LogP contribution in [0.2, 0.25) is 0 Å². The zero-order chi connectivity index (χ0) is 18.6. The van der Waals surface area contributed by atoms with Gasteiger partial charge in [0.1, 0.15) is 16.4 Å². The molecule has 7 nitrogen and oxygen atoms in total. The van der Waals surface area contributed by atoms with Crippen LogP contribution in [0.25, 0.3) is 21.7 Å². The zero-order valence-corrected chi connectivity index (χ0v) is 14.7. The maximum absolute atomic E-state index is 12.5. The molecule has 0 aliphatic heterocycles. The van der Waals surface area contributed by atoms with Crippen molar-refractivity contribution in [1.29, 1.82) is 0 Å². The maximum Gasteiger partial charge on any atom is 0.275 e. The number of rotatable bonds is 4. The number of pyridine rings is 3. The molecule has 8 heteroatoms. The summed E-state index contributed by atoms with van der Waals surface area (Å²) < 4.78 is 0. The summed E-state index contributed by atoms with van der Waals surface area (Å²) >= 11 is 1.35. The van der Waals surface area contributed by atoms with E-state index in [-0.39, 0.29) is 16.9 Å². The van der Waals surface area contributed by atoms with E-state index in [1.807, 2.05) is 24.3 Å². The third kappa shape index (κ3) is 3.65. The third-order valence-corrected chi connectivity index (χ3v) is 4.72. The minimum atomic E-state index is -0.441. The highest BCUT2D eigenvalue weighted by molar-refractivity contribution is 7.13. The first-order valence-corrected chi connectivity index (χ1v) is 8.89. The first kappa shape index (κ1) is 16.8. The van der Waals surface area contributed by atoms with Crippen molar-refractivity contribution in [2.45, 2.75) is 0 Å². The van der Waals surface area contributed by atoms with Gasteiger partial charge in [0.15, 0.2) is 0 Å². The molecule has 0 spiro atoms. The molecule has 2 N–H and O–H groups in total. The molecule has 0 radical (unpaired) electrons.